The first-order chi connectivity index (χ1) is 9.80. The zero-order valence-corrected chi connectivity index (χ0v) is 10.8. The molecule has 20 heavy (non-hydrogen) atoms. The molecule has 0 atom stereocenters. The third-order valence-corrected chi connectivity index (χ3v) is 3.23. The van der Waals surface area contributed by atoms with Gasteiger partial charge in [-0.3, -0.25) is 0 Å². The van der Waals surface area contributed by atoms with Crippen LogP contribution in [0, 0.1) is 11.3 Å². The van der Waals surface area contributed by atoms with E-state index in [0.29, 0.717) is 12.0 Å². The summed E-state index contributed by atoms with van der Waals surface area (Å²) in [6.45, 7) is 0.0856. The van der Waals surface area contributed by atoms with Crippen molar-refractivity contribution in [3.05, 3.63) is 53.9 Å². The second-order valence-corrected chi connectivity index (χ2v) is 4.58. The van der Waals surface area contributed by atoms with Crippen LogP contribution in [0.25, 0.3) is 22.2 Å². The molecule has 1 heterocycles. The summed E-state index contributed by atoms with van der Waals surface area (Å²) in [6, 6.07) is 15.6. The number of aliphatic hydroxyl groups excluding tert-OH is 1. The molecule has 0 fully saturated rings. The molecule has 2 N–H and O–H groups in total. The number of hydrogen-bond acceptors (Lipinski definition) is 3. The zero-order chi connectivity index (χ0) is 13.9. The second kappa shape index (κ2) is 5.16. The molecule has 3 rings (SSSR count). The van der Waals surface area contributed by atoms with Crippen LogP contribution in [0.5, 0.6) is 0 Å². The molecule has 0 amide bonds. The fourth-order valence-electron chi connectivity index (χ4n) is 2.20. The van der Waals surface area contributed by atoms with Crippen molar-refractivity contribution in [3.63, 3.8) is 0 Å². The Morgan fingerprint density at radius 1 is 1.10 bits per heavy atom. The van der Waals surface area contributed by atoms with Gasteiger partial charge in [0, 0.05) is 6.42 Å². The Morgan fingerprint density at radius 2 is 1.85 bits per heavy atom. The van der Waals surface area contributed by atoms with Crippen molar-refractivity contribution >= 4 is 11.0 Å². The van der Waals surface area contributed by atoms with Gasteiger partial charge in [0.1, 0.15) is 5.82 Å². The van der Waals surface area contributed by atoms with Gasteiger partial charge in [-0.2, -0.15) is 5.26 Å². The van der Waals surface area contributed by atoms with Gasteiger partial charge >= 0.3 is 0 Å². The second-order valence-electron chi connectivity index (χ2n) is 4.58. The number of nitriles is 1. The van der Waals surface area contributed by atoms with E-state index >= 15 is 0 Å². The summed E-state index contributed by atoms with van der Waals surface area (Å²) in [7, 11) is 0. The highest BCUT2D eigenvalue weighted by atomic mass is 16.3. The first-order valence-corrected chi connectivity index (χ1v) is 6.40. The van der Waals surface area contributed by atoms with Crippen LogP contribution in [0.2, 0.25) is 0 Å². The van der Waals surface area contributed by atoms with Crippen LogP contribution in [0.4, 0.5) is 0 Å². The summed E-state index contributed by atoms with van der Waals surface area (Å²) < 4.78 is 0. The van der Waals surface area contributed by atoms with E-state index in [1.165, 1.54) is 0 Å². The average Bonchev–Trinajstić information content (AvgIpc) is 2.89. The molecule has 0 aliphatic heterocycles. The normalized spacial score (nSPS) is 10.6. The van der Waals surface area contributed by atoms with Crippen LogP contribution >= 0.6 is 0 Å². The summed E-state index contributed by atoms with van der Waals surface area (Å²) >= 11 is 0. The van der Waals surface area contributed by atoms with Gasteiger partial charge in [0.2, 0.25) is 0 Å². The number of hydrogen-bond donors (Lipinski definition) is 2. The van der Waals surface area contributed by atoms with E-state index in [9.17, 15) is 0 Å². The van der Waals surface area contributed by atoms with Gasteiger partial charge in [-0.15, -0.1) is 0 Å². The van der Waals surface area contributed by atoms with Gasteiger partial charge in [-0.25, -0.2) is 4.98 Å². The molecule has 4 nitrogen and oxygen atoms in total. The average molecular weight is 263 g/mol. The minimum atomic E-state index is 0.0856. The first kappa shape index (κ1) is 12.4. The van der Waals surface area contributed by atoms with Crippen LogP contribution < -0.4 is 0 Å². The molecule has 2 aromatic carbocycles. The summed E-state index contributed by atoms with van der Waals surface area (Å²) in [6.07, 6.45) is 0.529. The van der Waals surface area contributed by atoms with E-state index in [0.717, 1.165) is 28.0 Å². The van der Waals surface area contributed by atoms with Crippen LogP contribution in [-0.2, 0) is 6.42 Å². The Kier molecular flexibility index (Phi) is 3.20. The third kappa shape index (κ3) is 2.27. The van der Waals surface area contributed by atoms with Gasteiger partial charge in [0.05, 0.1) is 29.3 Å². The van der Waals surface area contributed by atoms with E-state index in [-0.39, 0.29) is 6.61 Å². The summed E-state index contributed by atoms with van der Waals surface area (Å²) in [5, 5.41) is 17.8. The molecule has 3 aromatic rings. The number of benzene rings is 2. The van der Waals surface area contributed by atoms with E-state index < -0.39 is 0 Å². The molecule has 0 spiro atoms. The highest BCUT2D eigenvalue weighted by molar-refractivity contribution is 5.82. The molecule has 0 aliphatic rings. The number of nitrogens with one attached hydrogen (secondary N) is 1. The Hall–Kier alpha value is -2.64. The number of fused-ring (bicyclic) bond motifs is 1. The summed E-state index contributed by atoms with van der Waals surface area (Å²) in [5.74, 6) is 0.791. The molecule has 1 aromatic heterocycles. The molecule has 0 aliphatic carbocycles. The van der Waals surface area contributed by atoms with E-state index in [1.807, 2.05) is 42.5 Å². The minimum absolute atomic E-state index is 0.0856. The van der Waals surface area contributed by atoms with Crippen molar-refractivity contribution in [2.24, 2.45) is 0 Å². The maximum Gasteiger partial charge on any atom is 0.109 e. The quantitative estimate of drug-likeness (QED) is 0.763. The molecular formula is C16H13N3O. The molecular weight excluding hydrogens is 250 g/mol. The molecule has 0 bridgehead atoms. The zero-order valence-electron chi connectivity index (χ0n) is 10.8. The number of imidazole rings is 1. The van der Waals surface area contributed by atoms with E-state index in [2.05, 4.69) is 16.0 Å². The van der Waals surface area contributed by atoms with Crippen LogP contribution in [-0.4, -0.2) is 21.7 Å². The maximum atomic E-state index is 8.94. The smallest absolute Gasteiger partial charge is 0.109 e. The molecule has 4 heteroatoms. The molecule has 0 unspecified atom stereocenters. The summed E-state index contributed by atoms with van der Waals surface area (Å²) in [4.78, 5) is 7.61. The number of aliphatic hydroxyl groups is 1. The lowest BCUT2D eigenvalue weighted by atomic mass is 10.0. The number of nitrogens with zero attached hydrogens (tertiary/aromatic N) is 2. The number of aromatic amines is 1. The van der Waals surface area contributed by atoms with Crippen LogP contribution in [0.15, 0.2) is 42.5 Å². The van der Waals surface area contributed by atoms with Crippen molar-refractivity contribution in [1.29, 1.82) is 5.26 Å². The van der Waals surface area contributed by atoms with Gasteiger partial charge in [-0.1, -0.05) is 18.2 Å². The topological polar surface area (TPSA) is 72.7 Å². The van der Waals surface area contributed by atoms with Gasteiger partial charge in [-0.05, 0) is 35.4 Å². The van der Waals surface area contributed by atoms with Crippen molar-refractivity contribution in [1.82, 2.24) is 9.97 Å². The SMILES string of the molecule is N#Cc1ccc(-c2ccc3nc(CCO)[nH]c3c2)cc1. The summed E-state index contributed by atoms with van der Waals surface area (Å²) in [5.41, 5.74) is 4.63. The fraction of sp³-hybridized carbons (Fsp3) is 0.125. The fourth-order valence-corrected chi connectivity index (χ4v) is 2.20. The lowest BCUT2D eigenvalue weighted by Crippen LogP contribution is -1.91. The first-order valence-electron chi connectivity index (χ1n) is 6.40. The number of rotatable bonds is 3. The molecule has 0 saturated heterocycles. The van der Waals surface area contributed by atoms with Crippen LogP contribution in [0.3, 0.4) is 0 Å². The van der Waals surface area contributed by atoms with Crippen molar-refractivity contribution in [2.75, 3.05) is 6.61 Å². The van der Waals surface area contributed by atoms with Crippen molar-refractivity contribution < 1.29 is 5.11 Å². The maximum absolute atomic E-state index is 8.94. The Balaban J connectivity index is 2.01. The van der Waals surface area contributed by atoms with Gasteiger partial charge in [0.25, 0.3) is 0 Å². The predicted molar refractivity (Wildman–Crippen MR) is 77.0 cm³/mol. The monoisotopic (exact) mass is 263 g/mol. The number of aromatic nitrogens is 2. The van der Waals surface area contributed by atoms with Crippen LogP contribution in [0.1, 0.15) is 11.4 Å². The van der Waals surface area contributed by atoms with E-state index in [1.54, 1.807) is 0 Å². The Bertz CT molecular complexity index is 782. The van der Waals surface area contributed by atoms with Gasteiger partial charge in [0.15, 0.2) is 0 Å². The highest BCUT2D eigenvalue weighted by Crippen LogP contribution is 2.23. The molecule has 98 valence electrons. The lowest BCUT2D eigenvalue weighted by molar-refractivity contribution is 0.297. The van der Waals surface area contributed by atoms with Crippen molar-refractivity contribution in [2.45, 2.75) is 6.42 Å². The van der Waals surface area contributed by atoms with E-state index in [4.69, 9.17) is 10.4 Å². The minimum Gasteiger partial charge on any atom is -0.396 e. The molecule has 0 saturated carbocycles. The highest BCUT2D eigenvalue weighted by Gasteiger charge is 2.05. The third-order valence-electron chi connectivity index (χ3n) is 3.23. The number of H-pyrrole nitrogens is 1. The standard InChI is InChI=1S/C16H13N3O/c17-10-11-1-3-12(4-2-11)13-5-6-14-15(9-13)19-16(18-14)7-8-20/h1-6,9,20H,7-8H2,(H,18,19). The molecule has 0 radical (unpaired) electrons. The largest absolute Gasteiger partial charge is 0.396 e. The predicted octanol–water partition coefficient (Wildman–Crippen LogP) is 2.64. The van der Waals surface area contributed by atoms with Crippen molar-refractivity contribution in [3.8, 4) is 17.2 Å². The van der Waals surface area contributed by atoms with Gasteiger partial charge < -0.3 is 10.1 Å². The Labute approximate surface area is 116 Å². The lowest BCUT2D eigenvalue weighted by Gasteiger charge is -2.01. The Morgan fingerprint density at radius 3 is 2.55 bits per heavy atom.